The summed E-state index contributed by atoms with van der Waals surface area (Å²) >= 11 is 0. The van der Waals surface area contributed by atoms with E-state index in [0.29, 0.717) is 89.7 Å². The Balaban J connectivity index is 0.586. The minimum absolute atomic E-state index is 0.0318. The maximum Gasteiger partial charge on any atom is 0.266 e. The molecule has 0 aromatic heterocycles. The van der Waals surface area contributed by atoms with Crippen LogP contribution in [0.4, 0.5) is 11.4 Å². The number of fused-ring (bicyclic) bond motifs is 14. The third-order valence-corrected chi connectivity index (χ3v) is 25.9. The van der Waals surface area contributed by atoms with Crippen LogP contribution in [0.3, 0.4) is 0 Å². The van der Waals surface area contributed by atoms with Crippen LogP contribution >= 0.6 is 0 Å². The molecule has 4 amide bonds. The average Bonchev–Trinajstić information content (AvgIpc) is 1.32. The van der Waals surface area contributed by atoms with Crippen molar-refractivity contribution in [2.45, 2.75) is 118 Å². The average molecular weight is 1500 g/mol. The summed E-state index contributed by atoms with van der Waals surface area (Å²) < 4.78 is 12.5. The summed E-state index contributed by atoms with van der Waals surface area (Å²) in [5.41, 5.74) is 25.9. The van der Waals surface area contributed by atoms with Crippen LogP contribution < -0.4 is 29.9 Å². The number of nitrogens with one attached hydrogen (secondary N) is 2. The minimum Gasteiger partial charge on any atom is -0.492 e. The standard InChI is InChI=1S/C102H86N4O8/c1-11-87(107)103-33-35-113-61-45-79(49(3)4)97(80(46-61)50(5)6)105-99(109)75-29-25-67-63-17-21-71-83-41-57-37-53-13-15-55-39-59-43-85-73-23-19-65-69-27-31-77-96-78(102(112)106(101(77)111)98-81(51(7)8)47-62(48-82(98)52(9)10)114-36-34-104-88(108)12-2)32-28-70(92(69)96)66-20-24-74(94(73)90(65)66)86(85)44-60(59)40-56(55)16-14-54(53)38-58(57)42-84(83)72-22-18-64(89(63)93(71)72)68-26-30-76(100(105)110)95(75)91(67)68/h13-32,37-52,87-89,93,103-104,107-108H,11-12,33-36H2,1-10H3. The number of ether oxygens (including phenoxy) is 2. The maximum absolute atomic E-state index is 15.3. The van der Waals surface area contributed by atoms with Gasteiger partial charge in [-0.3, -0.25) is 29.8 Å². The van der Waals surface area contributed by atoms with Gasteiger partial charge >= 0.3 is 0 Å². The van der Waals surface area contributed by atoms with E-state index >= 15 is 19.2 Å². The highest BCUT2D eigenvalue weighted by Crippen LogP contribution is 2.64. The van der Waals surface area contributed by atoms with Crippen LogP contribution in [0, 0.1) is 11.8 Å². The van der Waals surface area contributed by atoms with E-state index in [1.807, 2.05) is 62.4 Å². The molecule has 12 heteroatoms. The Morgan fingerprint density at radius 2 is 0.605 bits per heavy atom. The molecule has 8 aliphatic rings. The lowest BCUT2D eigenvalue weighted by Crippen LogP contribution is -2.42. The monoisotopic (exact) mass is 1490 g/mol. The first-order valence-corrected chi connectivity index (χ1v) is 40.7. The number of aliphatic hydroxyl groups is 2. The molecule has 12 nitrogen and oxygen atoms in total. The predicted molar refractivity (Wildman–Crippen MR) is 465 cm³/mol. The first kappa shape index (κ1) is 70.0. The molecule has 0 saturated heterocycles. The van der Waals surface area contributed by atoms with E-state index in [1.54, 1.807) is 0 Å². The Kier molecular flexibility index (Phi) is 15.9. The molecule has 13 aromatic carbocycles. The molecule has 0 fully saturated rings. The molecular formula is C102H86N4O8. The fourth-order valence-electron chi connectivity index (χ4n) is 20.4. The van der Waals surface area contributed by atoms with Crippen molar-refractivity contribution < 1.29 is 38.9 Å². The summed E-state index contributed by atoms with van der Waals surface area (Å²) in [6.45, 7) is 22.1. The van der Waals surface area contributed by atoms with E-state index in [4.69, 9.17) is 9.47 Å². The van der Waals surface area contributed by atoms with Crippen molar-refractivity contribution >= 4 is 157 Å². The van der Waals surface area contributed by atoms with Gasteiger partial charge in [-0.25, -0.2) is 9.80 Å². The molecule has 562 valence electrons. The molecule has 2 atom stereocenters. The molecule has 2 aliphatic heterocycles. The Morgan fingerprint density at radius 3 is 0.930 bits per heavy atom. The van der Waals surface area contributed by atoms with Gasteiger partial charge in [0.2, 0.25) is 0 Å². The van der Waals surface area contributed by atoms with Crippen molar-refractivity contribution in [1.29, 1.82) is 0 Å². The highest BCUT2D eigenvalue weighted by Gasteiger charge is 2.49. The highest BCUT2D eigenvalue weighted by molar-refractivity contribution is 6.44. The van der Waals surface area contributed by atoms with Gasteiger partial charge in [0.05, 0.1) is 11.4 Å². The van der Waals surface area contributed by atoms with Crippen molar-refractivity contribution in [1.82, 2.24) is 10.6 Å². The first-order chi connectivity index (χ1) is 55.2. The predicted octanol–water partition coefficient (Wildman–Crippen LogP) is 22.5. The highest BCUT2D eigenvalue weighted by atomic mass is 16.5. The van der Waals surface area contributed by atoms with Gasteiger partial charge in [-0.1, -0.05) is 166 Å². The fourth-order valence-corrected chi connectivity index (χ4v) is 20.4. The number of rotatable bonds is 18. The molecular weight excluding hydrogens is 1410 g/mol. The number of nitrogens with zero attached hydrogens (tertiary/aromatic N) is 2. The number of hydrogen-bond donors (Lipinski definition) is 4. The molecule has 2 unspecified atom stereocenters. The second-order valence-corrected chi connectivity index (χ2v) is 33.6. The summed E-state index contributed by atoms with van der Waals surface area (Å²) in [6, 6.07) is 52.2. The molecule has 13 aromatic rings. The topological polar surface area (TPSA) is 158 Å². The number of hydrogen-bond acceptors (Lipinski definition) is 10. The molecule has 0 spiro atoms. The van der Waals surface area contributed by atoms with Crippen molar-refractivity contribution in [2.75, 3.05) is 36.1 Å². The Bertz CT molecular complexity index is 6450. The Morgan fingerprint density at radius 1 is 0.333 bits per heavy atom. The third-order valence-electron chi connectivity index (χ3n) is 25.9. The van der Waals surface area contributed by atoms with E-state index in [1.165, 1.54) is 97.8 Å². The van der Waals surface area contributed by atoms with Gasteiger partial charge in [0, 0.05) is 58.0 Å². The van der Waals surface area contributed by atoms with E-state index < -0.39 is 12.5 Å². The fraction of sp³-hybridized carbons (Fsp3) is 0.235. The summed E-state index contributed by atoms with van der Waals surface area (Å²) in [6.07, 6.45) is 18.4. The van der Waals surface area contributed by atoms with Gasteiger partial charge < -0.3 is 19.7 Å². The van der Waals surface area contributed by atoms with Gasteiger partial charge in [0.1, 0.15) is 37.2 Å². The lowest BCUT2D eigenvalue weighted by molar-refractivity contribution is 0.0877. The number of aliphatic hydroxyl groups excluding tert-OH is 2. The first-order valence-electron chi connectivity index (χ1n) is 40.7. The summed E-state index contributed by atoms with van der Waals surface area (Å²) in [5.74, 6) is 0.0253. The number of imide groups is 2. The number of benzene rings is 13. The molecule has 21 rings (SSSR count). The molecule has 114 heavy (non-hydrogen) atoms. The maximum atomic E-state index is 15.3. The summed E-state index contributed by atoms with van der Waals surface area (Å²) in [5, 5.41) is 41.0. The van der Waals surface area contributed by atoms with Crippen molar-refractivity contribution in [2.24, 2.45) is 11.8 Å². The SMILES string of the molecule is CCC(O)NCCOc1cc(C(C)C)c(N2C(=O)c3ccc4c5c(ccc(c35)C2=O)C2=CC=C3c5cc6cc7c(cc6cc5C5=CC=C4C2C53)C=Cc2cc3cc4c(cc3cc2C=C7)-c2ccc3c5ccc6c7c(ccc(c8ccc-4c2c83)c75)C(=O)N(c2c(C(C)C)cc(OCCNC(O)CC)cc2C(C)C)C6=O)c(C(C)C)c1. The summed E-state index contributed by atoms with van der Waals surface area (Å²) in [4.78, 5) is 64.2. The van der Waals surface area contributed by atoms with Gasteiger partial charge in [0.25, 0.3) is 23.6 Å². The molecule has 4 N–H and O–H groups in total. The zero-order valence-electron chi connectivity index (χ0n) is 65.6. The number of amides is 4. The quantitative estimate of drug-likeness (QED) is 0.0214. The smallest absolute Gasteiger partial charge is 0.266 e. The number of anilines is 2. The Hall–Kier alpha value is -11.9. The number of carbonyl (C=O) groups excluding carboxylic acids is 4. The van der Waals surface area contributed by atoms with E-state index in [0.717, 1.165) is 93.3 Å². The van der Waals surface area contributed by atoms with Gasteiger partial charge in [-0.15, -0.1) is 0 Å². The summed E-state index contributed by atoms with van der Waals surface area (Å²) in [7, 11) is 0. The van der Waals surface area contributed by atoms with Crippen molar-refractivity contribution in [3.8, 4) is 33.8 Å². The zero-order chi connectivity index (χ0) is 78.0. The van der Waals surface area contributed by atoms with Crippen LogP contribution in [0.5, 0.6) is 11.5 Å². The normalized spacial score (nSPS) is 17.1. The van der Waals surface area contributed by atoms with E-state index in [9.17, 15) is 10.2 Å². The van der Waals surface area contributed by atoms with Gasteiger partial charge in [-0.05, 0) is 310 Å². The molecule has 0 radical (unpaired) electrons. The van der Waals surface area contributed by atoms with Crippen LogP contribution in [-0.2, 0) is 0 Å². The molecule has 2 heterocycles. The molecule has 6 aliphatic carbocycles. The van der Waals surface area contributed by atoms with Crippen LogP contribution in [0.2, 0.25) is 0 Å². The lowest BCUT2D eigenvalue weighted by Gasteiger charge is -2.41. The van der Waals surface area contributed by atoms with E-state index in [-0.39, 0.29) is 59.1 Å². The van der Waals surface area contributed by atoms with Crippen LogP contribution in [0.15, 0.2) is 170 Å². The van der Waals surface area contributed by atoms with Crippen LogP contribution in [0.25, 0.3) is 144 Å². The van der Waals surface area contributed by atoms with Crippen LogP contribution in [0.1, 0.15) is 214 Å². The minimum atomic E-state index is -0.607. The van der Waals surface area contributed by atoms with E-state index in [2.05, 4.69) is 212 Å². The second kappa shape index (κ2) is 25.8. The second-order valence-electron chi connectivity index (χ2n) is 33.6. The number of allylic oxidation sites excluding steroid dienone is 8. The van der Waals surface area contributed by atoms with Crippen molar-refractivity contribution in [3.63, 3.8) is 0 Å². The zero-order valence-corrected chi connectivity index (χ0v) is 65.6. The third kappa shape index (κ3) is 10.1. The van der Waals surface area contributed by atoms with Gasteiger partial charge in [0.15, 0.2) is 0 Å². The van der Waals surface area contributed by atoms with Gasteiger partial charge in [-0.2, -0.15) is 0 Å². The number of carbonyl (C=O) groups is 4. The molecule has 0 bridgehead atoms. The van der Waals surface area contributed by atoms with Crippen LogP contribution in [-0.4, -0.2) is 72.6 Å². The lowest BCUT2D eigenvalue weighted by atomic mass is 9.62. The van der Waals surface area contributed by atoms with Crippen molar-refractivity contribution in [3.05, 3.63) is 259 Å². The molecule has 0 saturated carbocycles. The Labute approximate surface area is 661 Å². The largest absolute Gasteiger partial charge is 0.492 e.